The highest BCUT2D eigenvalue weighted by molar-refractivity contribution is 7.13. The van der Waals surface area contributed by atoms with Crippen LogP contribution in [0.3, 0.4) is 0 Å². The van der Waals surface area contributed by atoms with Crippen LogP contribution in [-0.4, -0.2) is 9.97 Å². The first-order valence-electron chi connectivity index (χ1n) is 6.91. The maximum Gasteiger partial charge on any atom is 0.114 e. The lowest BCUT2D eigenvalue weighted by atomic mass is 10.0. The summed E-state index contributed by atoms with van der Waals surface area (Å²) in [5.41, 5.74) is 9.48. The molecule has 0 saturated heterocycles. The number of benzene rings is 1. The van der Waals surface area contributed by atoms with Gasteiger partial charge in [0.15, 0.2) is 0 Å². The normalized spacial score (nSPS) is 12.6. The first kappa shape index (κ1) is 13.6. The molecular weight excluding hydrogens is 310 g/mol. The predicted octanol–water partition coefficient (Wildman–Crippen LogP) is 4.47. The highest BCUT2D eigenvalue weighted by Crippen LogP contribution is 2.32. The van der Waals surface area contributed by atoms with Crippen LogP contribution >= 0.6 is 22.7 Å². The molecule has 0 aliphatic heterocycles. The van der Waals surface area contributed by atoms with Gasteiger partial charge in [0.2, 0.25) is 0 Å². The van der Waals surface area contributed by atoms with Gasteiger partial charge < -0.3 is 5.73 Å². The van der Waals surface area contributed by atoms with Crippen LogP contribution in [0.2, 0.25) is 0 Å². The molecular formula is C17H13N3S2. The second kappa shape index (κ2) is 5.61. The van der Waals surface area contributed by atoms with Crippen molar-refractivity contribution in [2.45, 2.75) is 6.04 Å². The zero-order valence-electron chi connectivity index (χ0n) is 11.6. The number of rotatable bonds is 3. The lowest BCUT2D eigenvalue weighted by molar-refractivity contribution is 0.865. The monoisotopic (exact) mass is 323 g/mol. The summed E-state index contributed by atoms with van der Waals surface area (Å²) in [5, 5.41) is 6.03. The largest absolute Gasteiger partial charge is 0.318 e. The maximum atomic E-state index is 6.47. The number of pyridine rings is 1. The van der Waals surface area contributed by atoms with Gasteiger partial charge in [-0.2, -0.15) is 0 Å². The summed E-state index contributed by atoms with van der Waals surface area (Å²) in [4.78, 5) is 10.3. The van der Waals surface area contributed by atoms with E-state index in [2.05, 4.69) is 28.6 Å². The number of para-hydroxylation sites is 1. The minimum absolute atomic E-state index is 0.230. The highest BCUT2D eigenvalue weighted by atomic mass is 32.1. The summed E-state index contributed by atoms with van der Waals surface area (Å²) < 4.78 is 0. The summed E-state index contributed by atoms with van der Waals surface area (Å²) in [6.45, 7) is 0. The van der Waals surface area contributed by atoms with Gasteiger partial charge in [-0.3, -0.25) is 0 Å². The summed E-state index contributed by atoms with van der Waals surface area (Å²) in [6.07, 6.45) is 1.80. The smallest absolute Gasteiger partial charge is 0.114 e. The van der Waals surface area contributed by atoms with Gasteiger partial charge in [-0.05, 0) is 29.1 Å². The van der Waals surface area contributed by atoms with Gasteiger partial charge in [0, 0.05) is 17.0 Å². The van der Waals surface area contributed by atoms with E-state index in [9.17, 15) is 0 Å². The fraction of sp³-hybridized carbons (Fsp3) is 0.0588. The van der Waals surface area contributed by atoms with Crippen LogP contribution in [-0.2, 0) is 0 Å². The number of thiophene rings is 1. The average Bonchev–Trinajstić information content (AvgIpc) is 3.26. The van der Waals surface area contributed by atoms with Crippen molar-refractivity contribution in [2.75, 3.05) is 0 Å². The number of nitrogens with zero attached hydrogens (tertiary/aromatic N) is 2. The van der Waals surface area contributed by atoms with Crippen molar-refractivity contribution < 1.29 is 0 Å². The van der Waals surface area contributed by atoms with Gasteiger partial charge >= 0.3 is 0 Å². The molecule has 1 aromatic carbocycles. The Morgan fingerprint density at radius 3 is 2.68 bits per heavy atom. The van der Waals surface area contributed by atoms with Crippen molar-refractivity contribution in [3.05, 3.63) is 70.0 Å². The molecule has 4 aromatic rings. The number of hydrogen-bond acceptors (Lipinski definition) is 5. The van der Waals surface area contributed by atoms with E-state index in [0.29, 0.717) is 0 Å². The molecule has 1 atom stereocenters. The Morgan fingerprint density at radius 1 is 1.00 bits per heavy atom. The second-order valence-corrected chi connectivity index (χ2v) is 6.81. The van der Waals surface area contributed by atoms with Gasteiger partial charge in [-0.1, -0.05) is 24.3 Å². The number of thiazole rings is 1. The first-order valence-corrected chi connectivity index (χ1v) is 8.67. The Kier molecular flexibility index (Phi) is 3.46. The van der Waals surface area contributed by atoms with Crippen molar-refractivity contribution in [3.8, 4) is 10.6 Å². The molecule has 1 unspecified atom stereocenters. The van der Waals surface area contributed by atoms with E-state index >= 15 is 0 Å². The predicted molar refractivity (Wildman–Crippen MR) is 93.2 cm³/mol. The Hall–Kier alpha value is -2.08. The lowest BCUT2D eigenvalue weighted by Gasteiger charge is -2.14. The third-order valence-corrected chi connectivity index (χ3v) is 5.33. The van der Waals surface area contributed by atoms with Gasteiger partial charge in [0.1, 0.15) is 5.01 Å². The molecule has 2 N–H and O–H groups in total. The summed E-state index contributed by atoms with van der Waals surface area (Å²) in [7, 11) is 0. The minimum Gasteiger partial charge on any atom is -0.318 e. The van der Waals surface area contributed by atoms with Gasteiger partial charge in [-0.15, -0.1) is 22.7 Å². The molecule has 5 heteroatoms. The molecule has 0 radical (unpaired) electrons. The molecule has 0 bridgehead atoms. The van der Waals surface area contributed by atoms with Crippen LogP contribution in [0.4, 0.5) is 0 Å². The average molecular weight is 323 g/mol. The summed E-state index contributed by atoms with van der Waals surface area (Å²) >= 11 is 3.27. The standard InChI is InChI=1S/C17H13N3S2/c18-16(17-19-7-9-22-17)12-10-14(15-6-3-8-21-15)20-13-5-2-1-4-11(12)13/h1-10,16H,18H2. The van der Waals surface area contributed by atoms with Crippen LogP contribution in [0.5, 0.6) is 0 Å². The Labute approximate surface area is 136 Å². The lowest BCUT2D eigenvalue weighted by Crippen LogP contribution is -2.12. The van der Waals surface area contributed by atoms with E-state index in [4.69, 9.17) is 10.7 Å². The number of fused-ring (bicyclic) bond motifs is 1. The van der Waals surface area contributed by atoms with Crippen molar-refractivity contribution in [1.29, 1.82) is 0 Å². The molecule has 0 amide bonds. The van der Waals surface area contributed by atoms with E-state index < -0.39 is 0 Å². The molecule has 0 saturated carbocycles. The van der Waals surface area contributed by atoms with Crippen molar-refractivity contribution >= 4 is 33.6 Å². The zero-order valence-corrected chi connectivity index (χ0v) is 13.3. The highest BCUT2D eigenvalue weighted by Gasteiger charge is 2.17. The topological polar surface area (TPSA) is 51.8 Å². The third kappa shape index (κ3) is 2.33. The van der Waals surface area contributed by atoms with E-state index in [1.807, 2.05) is 29.6 Å². The van der Waals surface area contributed by atoms with Gasteiger partial charge in [0.25, 0.3) is 0 Å². The molecule has 4 rings (SSSR count). The molecule has 3 heterocycles. The molecule has 3 nitrogen and oxygen atoms in total. The summed E-state index contributed by atoms with van der Waals surface area (Å²) in [5.74, 6) is 0. The van der Waals surface area contributed by atoms with Gasteiger partial charge in [0.05, 0.1) is 22.1 Å². The van der Waals surface area contributed by atoms with E-state index in [1.165, 1.54) is 0 Å². The van der Waals surface area contributed by atoms with E-state index in [0.717, 1.165) is 32.0 Å². The zero-order chi connectivity index (χ0) is 14.9. The molecule has 0 spiro atoms. The summed E-state index contributed by atoms with van der Waals surface area (Å²) in [6, 6.07) is 14.1. The van der Waals surface area contributed by atoms with E-state index in [1.54, 1.807) is 28.9 Å². The molecule has 0 fully saturated rings. The maximum absolute atomic E-state index is 6.47. The number of hydrogen-bond donors (Lipinski definition) is 1. The SMILES string of the molecule is NC(c1nccs1)c1cc(-c2cccs2)nc2ccccc12. The van der Waals surface area contributed by atoms with Crippen LogP contribution in [0, 0.1) is 0 Å². The molecule has 0 aliphatic carbocycles. The van der Waals surface area contributed by atoms with Crippen molar-refractivity contribution in [1.82, 2.24) is 9.97 Å². The Morgan fingerprint density at radius 2 is 1.91 bits per heavy atom. The van der Waals surface area contributed by atoms with Crippen molar-refractivity contribution in [2.24, 2.45) is 5.73 Å². The number of nitrogens with two attached hydrogens (primary N) is 1. The van der Waals surface area contributed by atoms with Crippen LogP contribution in [0.25, 0.3) is 21.5 Å². The van der Waals surface area contributed by atoms with Crippen LogP contribution in [0.1, 0.15) is 16.6 Å². The Bertz CT molecular complexity index is 899. The second-order valence-electron chi connectivity index (χ2n) is 4.94. The molecule has 0 aliphatic rings. The fourth-order valence-corrected chi connectivity index (χ4v) is 3.87. The third-order valence-electron chi connectivity index (χ3n) is 3.57. The quantitative estimate of drug-likeness (QED) is 0.605. The van der Waals surface area contributed by atoms with Gasteiger partial charge in [-0.25, -0.2) is 9.97 Å². The Balaban J connectivity index is 1.95. The minimum atomic E-state index is -0.230. The van der Waals surface area contributed by atoms with E-state index in [-0.39, 0.29) is 6.04 Å². The number of aromatic nitrogens is 2. The van der Waals surface area contributed by atoms with Crippen LogP contribution in [0.15, 0.2) is 59.4 Å². The molecule has 108 valence electrons. The fourth-order valence-electron chi connectivity index (χ4n) is 2.53. The van der Waals surface area contributed by atoms with Crippen LogP contribution < -0.4 is 5.73 Å². The van der Waals surface area contributed by atoms with Crippen molar-refractivity contribution in [3.63, 3.8) is 0 Å². The molecule has 22 heavy (non-hydrogen) atoms. The first-order chi connectivity index (χ1) is 10.8. The molecule has 3 aromatic heterocycles.